The van der Waals surface area contributed by atoms with E-state index in [9.17, 15) is 10.4 Å². The molecule has 0 aliphatic carbocycles. The summed E-state index contributed by atoms with van der Waals surface area (Å²) >= 11 is 0. The normalized spacial score (nSPS) is 10.2. The van der Waals surface area contributed by atoms with Crippen LogP contribution in [0.5, 0.6) is 0 Å². The summed E-state index contributed by atoms with van der Waals surface area (Å²) in [5, 5.41) is 21.6. The van der Waals surface area contributed by atoms with Crippen molar-refractivity contribution in [2.45, 2.75) is 20.8 Å². The molecule has 0 fully saturated rings. The quantitative estimate of drug-likeness (QED) is 0.749. The Kier molecular flexibility index (Phi) is 3.94. The second-order valence-electron chi connectivity index (χ2n) is 3.35. The van der Waals surface area contributed by atoms with Gasteiger partial charge >= 0.3 is 0 Å². The summed E-state index contributed by atoms with van der Waals surface area (Å²) in [5.41, 5.74) is 2.32. The molecular weight excluding hydrogens is 192 g/mol. The molecule has 0 spiro atoms. The predicted octanol–water partition coefficient (Wildman–Crippen LogP) is 2.43. The summed E-state index contributed by atoms with van der Waals surface area (Å²) in [6.07, 6.45) is 0. The van der Waals surface area contributed by atoms with Gasteiger partial charge in [0.25, 0.3) is 0 Å². The van der Waals surface area contributed by atoms with Gasteiger partial charge in [-0.25, -0.2) is 0 Å². The van der Waals surface area contributed by atoms with Crippen LogP contribution in [0.25, 0.3) is 0 Å². The van der Waals surface area contributed by atoms with Gasteiger partial charge in [-0.05, 0) is 32.9 Å². The van der Waals surface area contributed by atoms with Gasteiger partial charge in [-0.2, -0.15) is 0 Å². The van der Waals surface area contributed by atoms with Gasteiger partial charge in [-0.3, -0.25) is 20.5 Å². The Hall–Kier alpha value is -1.26. The lowest BCUT2D eigenvalue weighted by atomic mass is 10.1. The molecule has 0 aromatic heterocycles. The molecule has 4 heteroatoms. The van der Waals surface area contributed by atoms with Crippen molar-refractivity contribution in [2.75, 3.05) is 23.2 Å². The molecule has 15 heavy (non-hydrogen) atoms. The summed E-state index contributed by atoms with van der Waals surface area (Å²) in [6.45, 7) is 6.64. The Morgan fingerprint density at radius 3 is 1.73 bits per heavy atom. The highest BCUT2D eigenvalue weighted by molar-refractivity contribution is 5.65. The van der Waals surface area contributed by atoms with Crippen LogP contribution >= 0.6 is 0 Å². The van der Waals surface area contributed by atoms with Crippen LogP contribution in [-0.4, -0.2) is 23.5 Å². The van der Waals surface area contributed by atoms with E-state index in [0.29, 0.717) is 13.1 Å². The molecule has 0 amide bonds. The first-order chi connectivity index (χ1) is 7.11. The van der Waals surface area contributed by atoms with E-state index in [-0.39, 0.29) is 0 Å². The van der Waals surface area contributed by atoms with E-state index >= 15 is 0 Å². The van der Waals surface area contributed by atoms with E-state index in [0.717, 1.165) is 16.9 Å². The summed E-state index contributed by atoms with van der Waals surface area (Å²) < 4.78 is 0. The lowest BCUT2D eigenvalue weighted by Gasteiger charge is -2.22. The third kappa shape index (κ3) is 2.40. The molecule has 0 heterocycles. The minimum atomic E-state index is 0.516. The highest BCUT2D eigenvalue weighted by atomic mass is 16.5. The number of nitrogens with zero attached hydrogens (tertiary/aromatic N) is 2. The molecule has 1 aromatic carbocycles. The van der Waals surface area contributed by atoms with E-state index in [1.54, 1.807) is 0 Å². The van der Waals surface area contributed by atoms with Gasteiger partial charge in [-0.1, -0.05) is 6.07 Å². The smallest absolute Gasteiger partial charge is 0.0684 e. The molecule has 1 rings (SSSR count). The van der Waals surface area contributed by atoms with Gasteiger partial charge in [0.15, 0.2) is 0 Å². The van der Waals surface area contributed by atoms with Crippen molar-refractivity contribution in [3.05, 3.63) is 23.8 Å². The molecule has 4 nitrogen and oxygen atoms in total. The fourth-order valence-corrected chi connectivity index (χ4v) is 1.51. The Bertz CT molecular complexity index is 300. The van der Waals surface area contributed by atoms with Crippen molar-refractivity contribution in [2.24, 2.45) is 0 Å². The van der Waals surface area contributed by atoms with Crippen LogP contribution in [0.2, 0.25) is 0 Å². The molecule has 0 saturated heterocycles. The standard InChI is InChI=1S/C11H18N2O2/c1-4-12(14)10-7-6-8-11(9(10)3)13(15)5-2/h6-8,14-15H,4-5H2,1-3H3. The van der Waals surface area contributed by atoms with Crippen LogP contribution in [0.3, 0.4) is 0 Å². The Morgan fingerprint density at radius 1 is 1.00 bits per heavy atom. The van der Waals surface area contributed by atoms with Gasteiger partial charge in [0.2, 0.25) is 0 Å². The Labute approximate surface area is 90.3 Å². The minimum Gasteiger partial charge on any atom is -0.288 e. The van der Waals surface area contributed by atoms with E-state index in [1.165, 1.54) is 10.1 Å². The third-order valence-electron chi connectivity index (χ3n) is 2.43. The molecule has 0 bridgehead atoms. The maximum absolute atomic E-state index is 9.62. The number of benzene rings is 1. The molecule has 0 aliphatic rings. The fourth-order valence-electron chi connectivity index (χ4n) is 1.51. The molecule has 0 aliphatic heterocycles. The van der Waals surface area contributed by atoms with Crippen LogP contribution in [0, 0.1) is 6.92 Å². The molecular formula is C11H18N2O2. The maximum atomic E-state index is 9.62. The van der Waals surface area contributed by atoms with Gasteiger partial charge in [0.05, 0.1) is 11.4 Å². The summed E-state index contributed by atoms with van der Waals surface area (Å²) in [6, 6.07) is 5.47. The van der Waals surface area contributed by atoms with E-state index in [4.69, 9.17) is 0 Å². The molecule has 2 N–H and O–H groups in total. The second-order valence-corrected chi connectivity index (χ2v) is 3.35. The summed E-state index contributed by atoms with van der Waals surface area (Å²) in [7, 11) is 0. The SMILES string of the molecule is CCN(O)c1cccc(N(O)CC)c1C. The van der Waals surface area contributed by atoms with Crippen molar-refractivity contribution in [3.8, 4) is 0 Å². The number of rotatable bonds is 4. The van der Waals surface area contributed by atoms with E-state index in [2.05, 4.69) is 0 Å². The molecule has 0 unspecified atom stereocenters. The molecule has 84 valence electrons. The topological polar surface area (TPSA) is 46.9 Å². The van der Waals surface area contributed by atoms with Crippen LogP contribution in [0.15, 0.2) is 18.2 Å². The third-order valence-corrected chi connectivity index (χ3v) is 2.43. The van der Waals surface area contributed by atoms with Crippen LogP contribution in [-0.2, 0) is 0 Å². The van der Waals surface area contributed by atoms with Crippen LogP contribution in [0.1, 0.15) is 19.4 Å². The number of hydroxylamine groups is 2. The molecule has 0 saturated carbocycles. The molecule has 1 aromatic rings. The number of hydrogen-bond acceptors (Lipinski definition) is 4. The van der Waals surface area contributed by atoms with Crippen LogP contribution in [0.4, 0.5) is 11.4 Å². The molecule has 0 radical (unpaired) electrons. The molecule has 0 atom stereocenters. The lowest BCUT2D eigenvalue weighted by Crippen LogP contribution is -2.21. The van der Waals surface area contributed by atoms with Crippen molar-refractivity contribution >= 4 is 11.4 Å². The van der Waals surface area contributed by atoms with E-state index < -0.39 is 0 Å². The highest BCUT2D eigenvalue weighted by Gasteiger charge is 2.11. The largest absolute Gasteiger partial charge is 0.288 e. The Morgan fingerprint density at radius 2 is 1.40 bits per heavy atom. The fraction of sp³-hybridized carbons (Fsp3) is 0.455. The first-order valence-electron chi connectivity index (χ1n) is 5.14. The van der Waals surface area contributed by atoms with E-state index in [1.807, 2.05) is 39.0 Å². The van der Waals surface area contributed by atoms with Crippen molar-refractivity contribution in [3.63, 3.8) is 0 Å². The summed E-state index contributed by atoms with van der Waals surface area (Å²) in [4.78, 5) is 0. The van der Waals surface area contributed by atoms with Gasteiger partial charge < -0.3 is 0 Å². The zero-order valence-corrected chi connectivity index (χ0v) is 9.44. The zero-order valence-electron chi connectivity index (χ0n) is 9.44. The van der Waals surface area contributed by atoms with Crippen molar-refractivity contribution in [1.29, 1.82) is 0 Å². The predicted molar refractivity (Wildman–Crippen MR) is 60.8 cm³/mol. The average molecular weight is 210 g/mol. The summed E-state index contributed by atoms with van der Waals surface area (Å²) in [5.74, 6) is 0. The second kappa shape index (κ2) is 5.00. The van der Waals surface area contributed by atoms with Crippen LogP contribution < -0.4 is 10.1 Å². The minimum absolute atomic E-state index is 0.516. The van der Waals surface area contributed by atoms with Crippen molar-refractivity contribution in [1.82, 2.24) is 0 Å². The lowest BCUT2D eigenvalue weighted by molar-refractivity contribution is 0.255. The monoisotopic (exact) mass is 210 g/mol. The Balaban J connectivity index is 3.11. The first kappa shape index (κ1) is 11.8. The highest BCUT2D eigenvalue weighted by Crippen LogP contribution is 2.27. The maximum Gasteiger partial charge on any atom is 0.0684 e. The zero-order chi connectivity index (χ0) is 11.4. The van der Waals surface area contributed by atoms with Gasteiger partial charge in [-0.15, -0.1) is 0 Å². The number of hydrogen-bond donors (Lipinski definition) is 2. The first-order valence-corrected chi connectivity index (χ1v) is 5.14. The van der Waals surface area contributed by atoms with Crippen molar-refractivity contribution < 1.29 is 10.4 Å². The number of anilines is 2. The van der Waals surface area contributed by atoms with Gasteiger partial charge in [0, 0.05) is 18.7 Å². The van der Waals surface area contributed by atoms with Gasteiger partial charge in [0.1, 0.15) is 0 Å². The average Bonchev–Trinajstić information content (AvgIpc) is 2.27.